The SMILES string of the molecule is C=C(F)/C=C/n1cccn1. The molecule has 1 aromatic heterocycles. The zero-order valence-electron chi connectivity index (χ0n) is 5.37. The highest BCUT2D eigenvalue weighted by atomic mass is 19.1. The van der Waals surface area contributed by atoms with Crippen molar-refractivity contribution in [3.63, 3.8) is 0 Å². The van der Waals surface area contributed by atoms with E-state index in [9.17, 15) is 4.39 Å². The summed E-state index contributed by atoms with van der Waals surface area (Å²) in [7, 11) is 0. The Hall–Kier alpha value is -1.38. The van der Waals surface area contributed by atoms with Gasteiger partial charge in [0.1, 0.15) is 5.83 Å². The second kappa shape index (κ2) is 2.96. The van der Waals surface area contributed by atoms with Gasteiger partial charge in [0.15, 0.2) is 0 Å². The molecule has 0 N–H and O–H groups in total. The Morgan fingerprint density at radius 2 is 2.50 bits per heavy atom. The molecule has 1 heterocycles. The highest BCUT2D eigenvalue weighted by Gasteiger charge is 1.81. The van der Waals surface area contributed by atoms with Gasteiger partial charge in [-0.3, -0.25) is 0 Å². The van der Waals surface area contributed by atoms with E-state index in [4.69, 9.17) is 0 Å². The lowest BCUT2D eigenvalue weighted by molar-refractivity contribution is 0.671. The Kier molecular flexibility index (Phi) is 1.99. The molecule has 1 aromatic rings. The van der Waals surface area contributed by atoms with Gasteiger partial charge in [-0.25, -0.2) is 9.07 Å². The second-order valence-electron chi connectivity index (χ2n) is 1.75. The maximum atomic E-state index is 12.0. The first-order chi connectivity index (χ1) is 4.79. The minimum Gasteiger partial charge on any atom is -0.248 e. The van der Waals surface area contributed by atoms with Crippen molar-refractivity contribution in [1.82, 2.24) is 9.78 Å². The van der Waals surface area contributed by atoms with Crippen LogP contribution in [-0.2, 0) is 0 Å². The highest BCUT2D eigenvalue weighted by Crippen LogP contribution is 1.94. The molecule has 0 bridgehead atoms. The molecular formula is C7H7FN2. The molecule has 52 valence electrons. The van der Waals surface area contributed by atoms with Crippen molar-refractivity contribution in [3.05, 3.63) is 36.9 Å². The van der Waals surface area contributed by atoms with Crippen LogP contribution in [0.15, 0.2) is 36.9 Å². The van der Waals surface area contributed by atoms with Crippen molar-refractivity contribution < 1.29 is 4.39 Å². The lowest BCUT2D eigenvalue weighted by Crippen LogP contribution is -1.83. The largest absolute Gasteiger partial charge is 0.248 e. The molecule has 0 spiro atoms. The summed E-state index contributed by atoms with van der Waals surface area (Å²) in [5.41, 5.74) is 0. The Labute approximate surface area is 58.3 Å². The summed E-state index contributed by atoms with van der Waals surface area (Å²) < 4.78 is 13.5. The molecule has 0 unspecified atom stereocenters. The summed E-state index contributed by atoms with van der Waals surface area (Å²) in [4.78, 5) is 0. The number of hydrogen-bond donors (Lipinski definition) is 0. The van der Waals surface area contributed by atoms with E-state index in [2.05, 4.69) is 11.7 Å². The summed E-state index contributed by atoms with van der Waals surface area (Å²) in [5, 5.41) is 3.81. The number of hydrogen-bond acceptors (Lipinski definition) is 1. The van der Waals surface area contributed by atoms with Crippen LogP contribution in [0.2, 0.25) is 0 Å². The molecule has 0 amide bonds. The summed E-state index contributed by atoms with van der Waals surface area (Å²) in [6, 6.07) is 1.76. The highest BCUT2D eigenvalue weighted by molar-refractivity contribution is 5.27. The van der Waals surface area contributed by atoms with Crippen LogP contribution in [-0.4, -0.2) is 9.78 Å². The van der Waals surface area contributed by atoms with E-state index < -0.39 is 5.83 Å². The minimum atomic E-state index is -0.476. The fourth-order valence-corrected chi connectivity index (χ4v) is 0.526. The van der Waals surface area contributed by atoms with Crippen molar-refractivity contribution in [1.29, 1.82) is 0 Å². The Bertz CT molecular complexity index is 236. The van der Waals surface area contributed by atoms with E-state index in [0.29, 0.717) is 0 Å². The molecule has 1 rings (SSSR count). The monoisotopic (exact) mass is 138 g/mol. The van der Waals surface area contributed by atoms with Crippen LogP contribution in [0.3, 0.4) is 0 Å². The van der Waals surface area contributed by atoms with E-state index in [0.717, 1.165) is 0 Å². The van der Waals surface area contributed by atoms with Gasteiger partial charge >= 0.3 is 0 Å². The molecule has 0 fully saturated rings. The first-order valence-electron chi connectivity index (χ1n) is 2.81. The molecule has 10 heavy (non-hydrogen) atoms. The van der Waals surface area contributed by atoms with Crippen molar-refractivity contribution in [2.45, 2.75) is 0 Å². The van der Waals surface area contributed by atoms with Gasteiger partial charge in [0.25, 0.3) is 0 Å². The second-order valence-corrected chi connectivity index (χ2v) is 1.75. The molecule has 0 atom stereocenters. The molecular weight excluding hydrogens is 131 g/mol. The quantitative estimate of drug-likeness (QED) is 0.570. The predicted octanol–water partition coefficient (Wildman–Crippen LogP) is 1.84. The first-order valence-corrected chi connectivity index (χ1v) is 2.81. The van der Waals surface area contributed by atoms with Gasteiger partial charge in [0.2, 0.25) is 0 Å². The molecule has 0 aliphatic heterocycles. The van der Waals surface area contributed by atoms with Crippen LogP contribution in [0, 0.1) is 0 Å². The molecule has 3 heteroatoms. The maximum absolute atomic E-state index is 12.0. The molecule has 0 aromatic carbocycles. The third-order valence-corrected chi connectivity index (χ3v) is 0.933. The smallest absolute Gasteiger partial charge is 0.117 e. The normalized spacial score (nSPS) is 10.5. The number of nitrogens with zero attached hydrogens (tertiary/aromatic N) is 2. The fraction of sp³-hybridized carbons (Fsp3) is 0. The summed E-state index contributed by atoms with van der Waals surface area (Å²) in [6.45, 7) is 3.06. The van der Waals surface area contributed by atoms with Crippen molar-refractivity contribution in [3.8, 4) is 0 Å². The van der Waals surface area contributed by atoms with Gasteiger partial charge in [-0.2, -0.15) is 5.10 Å². The lowest BCUT2D eigenvalue weighted by atomic mass is 10.5. The minimum absolute atomic E-state index is 0.476. The van der Waals surface area contributed by atoms with Gasteiger partial charge in [0.05, 0.1) is 0 Å². The fourth-order valence-electron chi connectivity index (χ4n) is 0.526. The van der Waals surface area contributed by atoms with Gasteiger partial charge in [-0.05, 0) is 12.1 Å². The summed E-state index contributed by atoms with van der Waals surface area (Å²) >= 11 is 0. The lowest BCUT2D eigenvalue weighted by Gasteiger charge is -1.86. The van der Waals surface area contributed by atoms with E-state index in [-0.39, 0.29) is 0 Å². The van der Waals surface area contributed by atoms with Crippen molar-refractivity contribution >= 4 is 6.20 Å². The third kappa shape index (κ3) is 1.85. The molecule has 0 aliphatic carbocycles. The number of halogens is 1. The van der Waals surface area contributed by atoms with E-state index >= 15 is 0 Å². The van der Waals surface area contributed by atoms with Gasteiger partial charge < -0.3 is 0 Å². The third-order valence-electron chi connectivity index (χ3n) is 0.933. The standard InChI is InChI=1S/C7H7FN2/c1-7(8)3-6-10-5-2-4-9-10/h2-6H,1H2/b6-3+. The van der Waals surface area contributed by atoms with Gasteiger partial charge in [-0.1, -0.05) is 6.58 Å². The zero-order valence-corrected chi connectivity index (χ0v) is 5.37. The molecule has 0 saturated carbocycles. The van der Waals surface area contributed by atoms with Crippen LogP contribution in [0.1, 0.15) is 0 Å². The van der Waals surface area contributed by atoms with E-state index in [1.807, 2.05) is 0 Å². The van der Waals surface area contributed by atoms with Crippen molar-refractivity contribution in [2.75, 3.05) is 0 Å². The topological polar surface area (TPSA) is 17.8 Å². The Morgan fingerprint density at radius 1 is 1.70 bits per heavy atom. The van der Waals surface area contributed by atoms with E-state index in [1.54, 1.807) is 18.5 Å². The average molecular weight is 138 g/mol. The van der Waals surface area contributed by atoms with Gasteiger partial charge in [0, 0.05) is 18.6 Å². The Balaban J connectivity index is 2.64. The molecule has 2 nitrogen and oxygen atoms in total. The summed E-state index contributed by atoms with van der Waals surface area (Å²) in [5.74, 6) is -0.476. The predicted molar refractivity (Wildman–Crippen MR) is 37.8 cm³/mol. The summed E-state index contributed by atoms with van der Waals surface area (Å²) in [6.07, 6.45) is 6.06. The molecule has 0 radical (unpaired) electrons. The van der Waals surface area contributed by atoms with Crippen LogP contribution in [0.5, 0.6) is 0 Å². The zero-order chi connectivity index (χ0) is 7.40. The van der Waals surface area contributed by atoms with Crippen LogP contribution in [0.25, 0.3) is 6.20 Å². The number of rotatable bonds is 2. The van der Waals surface area contributed by atoms with Crippen LogP contribution >= 0.6 is 0 Å². The molecule has 0 aliphatic rings. The van der Waals surface area contributed by atoms with Crippen molar-refractivity contribution in [2.24, 2.45) is 0 Å². The van der Waals surface area contributed by atoms with Crippen LogP contribution in [0.4, 0.5) is 4.39 Å². The maximum Gasteiger partial charge on any atom is 0.117 e. The Morgan fingerprint density at radius 3 is 3.00 bits per heavy atom. The van der Waals surface area contributed by atoms with Gasteiger partial charge in [-0.15, -0.1) is 0 Å². The van der Waals surface area contributed by atoms with Crippen LogP contribution < -0.4 is 0 Å². The first kappa shape index (κ1) is 6.74. The number of aromatic nitrogens is 2. The molecule has 0 saturated heterocycles. The number of allylic oxidation sites excluding steroid dienone is 2. The average Bonchev–Trinajstić information content (AvgIpc) is 2.34. The van der Waals surface area contributed by atoms with E-state index in [1.165, 1.54) is 17.0 Å².